The Morgan fingerprint density at radius 1 is 1.13 bits per heavy atom. The number of nitrogens with one attached hydrogen (secondary N) is 1. The third-order valence-electron chi connectivity index (χ3n) is 3.70. The van der Waals surface area contributed by atoms with E-state index in [0.717, 1.165) is 16.9 Å². The van der Waals surface area contributed by atoms with Gasteiger partial charge in [-0.3, -0.25) is 4.79 Å². The van der Waals surface area contributed by atoms with Crippen molar-refractivity contribution in [3.8, 4) is 5.69 Å². The summed E-state index contributed by atoms with van der Waals surface area (Å²) in [7, 11) is 0. The Hall–Kier alpha value is -2.59. The number of hydrogen-bond donors (Lipinski definition) is 1. The molecule has 0 aliphatic rings. The van der Waals surface area contributed by atoms with E-state index < -0.39 is 0 Å². The summed E-state index contributed by atoms with van der Waals surface area (Å²) >= 11 is 5.99. The maximum absolute atomic E-state index is 12.5. The number of para-hydroxylation sites is 1. The summed E-state index contributed by atoms with van der Waals surface area (Å²) in [4.78, 5) is 12.5. The number of hydrogen-bond acceptors (Lipinski definition) is 2. The molecule has 1 amide bonds. The maximum Gasteiger partial charge on any atom is 0.259 e. The van der Waals surface area contributed by atoms with Crippen LogP contribution in [-0.2, 0) is 0 Å². The summed E-state index contributed by atoms with van der Waals surface area (Å²) in [5.41, 5.74) is 3.90. The van der Waals surface area contributed by atoms with E-state index in [2.05, 4.69) is 10.4 Å². The second kappa shape index (κ2) is 6.26. The monoisotopic (exact) mass is 325 g/mol. The summed E-state index contributed by atoms with van der Waals surface area (Å²) in [6, 6.07) is 15.1. The van der Waals surface area contributed by atoms with Gasteiger partial charge in [0.15, 0.2) is 0 Å². The zero-order valence-corrected chi connectivity index (χ0v) is 13.6. The van der Waals surface area contributed by atoms with Gasteiger partial charge in [0.2, 0.25) is 0 Å². The zero-order chi connectivity index (χ0) is 16.4. The topological polar surface area (TPSA) is 46.9 Å². The van der Waals surface area contributed by atoms with E-state index in [1.165, 1.54) is 0 Å². The molecule has 2 aromatic carbocycles. The number of amides is 1. The van der Waals surface area contributed by atoms with Gasteiger partial charge in [0, 0.05) is 10.7 Å². The van der Waals surface area contributed by atoms with E-state index in [1.807, 2.05) is 50.2 Å². The van der Waals surface area contributed by atoms with E-state index in [0.29, 0.717) is 16.3 Å². The Labute approximate surface area is 139 Å². The third kappa shape index (κ3) is 3.12. The number of nitrogens with zero attached hydrogens (tertiary/aromatic N) is 2. The molecule has 1 N–H and O–H groups in total. The van der Waals surface area contributed by atoms with Crippen LogP contribution in [0.5, 0.6) is 0 Å². The van der Waals surface area contributed by atoms with Crippen LogP contribution in [0.3, 0.4) is 0 Å². The summed E-state index contributed by atoms with van der Waals surface area (Å²) in [5.74, 6) is -0.199. The molecule has 0 atom stereocenters. The summed E-state index contributed by atoms with van der Waals surface area (Å²) in [5, 5.41) is 7.80. The smallest absolute Gasteiger partial charge is 0.259 e. The number of benzene rings is 2. The highest BCUT2D eigenvalue weighted by Gasteiger charge is 2.16. The van der Waals surface area contributed by atoms with Crippen molar-refractivity contribution in [1.82, 2.24) is 9.78 Å². The molecule has 23 heavy (non-hydrogen) atoms. The molecule has 0 aliphatic heterocycles. The van der Waals surface area contributed by atoms with Crippen LogP contribution in [0.2, 0.25) is 5.02 Å². The quantitative estimate of drug-likeness (QED) is 0.776. The van der Waals surface area contributed by atoms with Gasteiger partial charge < -0.3 is 5.32 Å². The molecule has 116 valence electrons. The molecular formula is C18H16ClN3O. The Balaban J connectivity index is 1.89. The molecule has 0 unspecified atom stereocenters. The van der Waals surface area contributed by atoms with Gasteiger partial charge in [-0.05, 0) is 43.7 Å². The average Bonchev–Trinajstić information content (AvgIpc) is 2.93. The lowest BCUT2D eigenvalue weighted by atomic mass is 10.2. The molecule has 0 bridgehead atoms. The molecule has 0 aliphatic carbocycles. The second-order valence-electron chi connectivity index (χ2n) is 5.30. The van der Waals surface area contributed by atoms with Gasteiger partial charge in [-0.2, -0.15) is 5.10 Å². The van der Waals surface area contributed by atoms with Crippen molar-refractivity contribution in [3.63, 3.8) is 0 Å². The first-order valence-electron chi connectivity index (χ1n) is 7.24. The minimum atomic E-state index is -0.199. The molecule has 0 fully saturated rings. The van der Waals surface area contributed by atoms with Crippen molar-refractivity contribution in [3.05, 3.63) is 76.6 Å². The molecular weight excluding hydrogens is 310 g/mol. The van der Waals surface area contributed by atoms with Gasteiger partial charge in [-0.15, -0.1) is 0 Å². The standard InChI is InChI=1S/C18H16ClN3O/c1-12-8-9-14(19)10-17(12)21-18(23)16-11-20-22(13(16)2)15-6-4-3-5-7-15/h3-11H,1-2H3,(H,21,23). The van der Waals surface area contributed by atoms with Crippen LogP contribution in [0, 0.1) is 13.8 Å². The Kier molecular flexibility index (Phi) is 4.17. The van der Waals surface area contributed by atoms with Crippen LogP contribution in [0.25, 0.3) is 5.69 Å². The van der Waals surface area contributed by atoms with Crippen molar-refractivity contribution in [2.24, 2.45) is 0 Å². The van der Waals surface area contributed by atoms with Crippen molar-refractivity contribution < 1.29 is 4.79 Å². The number of rotatable bonds is 3. The Bertz CT molecular complexity index is 856. The second-order valence-corrected chi connectivity index (χ2v) is 5.74. The van der Waals surface area contributed by atoms with Gasteiger partial charge in [0.25, 0.3) is 5.91 Å². The molecule has 1 aromatic heterocycles. The van der Waals surface area contributed by atoms with Crippen molar-refractivity contribution >= 4 is 23.2 Å². The Morgan fingerprint density at radius 3 is 2.61 bits per heavy atom. The summed E-state index contributed by atoms with van der Waals surface area (Å²) in [6.07, 6.45) is 1.58. The molecule has 5 heteroatoms. The van der Waals surface area contributed by atoms with Gasteiger partial charge in [-0.1, -0.05) is 35.9 Å². The lowest BCUT2D eigenvalue weighted by molar-refractivity contribution is 0.102. The fraction of sp³-hybridized carbons (Fsp3) is 0.111. The van der Waals surface area contributed by atoms with E-state index in [9.17, 15) is 4.79 Å². The van der Waals surface area contributed by atoms with Crippen LogP contribution in [0.4, 0.5) is 5.69 Å². The molecule has 1 heterocycles. The number of carbonyl (C=O) groups excluding carboxylic acids is 1. The molecule has 0 saturated heterocycles. The van der Waals surface area contributed by atoms with Crippen molar-refractivity contribution in [2.45, 2.75) is 13.8 Å². The van der Waals surface area contributed by atoms with E-state index in [1.54, 1.807) is 23.0 Å². The van der Waals surface area contributed by atoms with Gasteiger partial charge in [-0.25, -0.2) is 4.68 Å². The fourth-order valence-corrected chi connectivity index (χ4v) is 2.55. The Morgan fingerprint density at radius 2 is 1.87 bits per heavy atom. The predicted molar refractivity (Wildman–Crippen MR) is 92.4 cm³/mol. The maximum atomic E-state index is 12.5. The summed E-state index contributed by atoms with van der Waals surface area (Å²) in [6.45, 7) is 3.80. The normalized spacial score (nSPS) is 10.6. The van der Waals surface area contributed by atoms with Crippen LogP contribution >= 0.6 is 11.6 Å². The van der Waals surface area contributed by atoms with E-state index >= 15 is 0 Å². The lowest BCUT2D eigenvalue weighted by Crippen LogP contribution is -2.14. The number of halogens is 1. The number of carbonyl (C=O) groups is 1. The van der Waals surface area contributed by atoms with Gasteiger partial charge in [0.05, 0.1) is 23.1 Å². The largest absolute Gasteiger partial charge is 0.322 e. The predicted octanol–water partition coefficient (Wildman–Crippen LogP) is 4.39. The molecule has 0 spiro atoms. The first kappa shape index (κ1) is 15.3. The number of aryl methyl sites for hydroxylation is 1. The van der Waals surface area contributed by atoms with Crippen molar-refractivity contribution in [2.75, 3.05) is 5.32 Å². The van der Waals surface area contributed by atoms with E-state index in [4.69, 9.17) is 11.6 Å². The highest BCUT2D eigenvalue weighted by atomic mass is 35.5. The van der Waals surface area contributed by atoms with Crippen LogP contribution in [-0.4, -0.2) is 15.7 Å². The third-order valence-corrected chi connectivity index (χ3v) is 3.94. The first-order chi connectivity index (χ1) is 11.1. The van der Waals surface area contributed by atoms with Crippen LogP contribution in [0.1, 0.15) is 21.6 Å². The minimum Gasteiger partial charge on any atom is -0.322 e. The van der Waals surface area contributed by atoms with Crippen molar-refractivity contribution in [1.29, 1.82) is 0 Å². The molecule has 4 nitrogen and oxygen atoms in total. The number of anilines is 1. The van der Waals surface area contributed by atoms with Gasteiger partial charge in [0.1, 0.15) is 0 Å². The highest BCUT2D eigenvalue weighted by molar-refractivity contribution is 6.31. The zero-order valence-electron chi connectivity index (χ0n) is 12.9. The number of aromatic nitrogens is 2. The molecule has 0 saturated carbocycles. The van der Waals surface area contributed by atoms with E-state index in [-0.39, 0.29) is 5.91 Å². The molecule has 3 rings (SSSR count). The highest BCUT2D eigenvalue weighted by Crippen LogP contribution is 2.22. The molecule has 3 aromatic rings. The SMILES string of the molecule is Cc1ccc(Cl)cc1NC(=O)c1cnn(-c2ccccc2)c1C. The van der Waals surface area contributed by atoms with Gasteiger partial charge >= 0.3 is 0 Å². The minimum absolute atomic E-state index is 0.199. The molecule has 0 radical (unpaired) electrons. The van der Waals surface area contributed by atoms with Crippen LogP contribution in [0.15, 0.2) is 54.7 Å². The first-order valence-corrected chi connectivity index (χ1v) is 7.61. The fourth-order valence-electron chi connectivity index (χ4n) is 2.38. The summed E-state index contributed by atoms with van der Waals surface area (Å²) < 4.78 is 1.75. The lowest BCUT2D eigenvalue weighted by Gasteiger charge is -2.09. The van der Waals surface area contributed by atoms with Crippen LogP contribution < -0.4 is 5.32 Å². The average molecular weight is 326 g/mol.